The van der Waals surface area contributed by atoms with Gasteiger partial charge in [-0.2, -0.15) is 0 Å². The summed E-state index contributed by atoms with van der Waals surface area (Å²) in [6.45, 7) is 0.537. The van der Waals surface area contributed by atoms with Gasteiger partial charge in [-0.3, -0.25) is 14.5 Å². The highest BCUT2D eigenvalue weighted by Gasteiger charge is 2.23. The molecular weight excluding hydrogens is 218 g/mol. The van der Waals surface area contributed by atoms with Crippen molar-refractivity contribution in [2.75, 3.05) is 6.54 Å². The molecule has 1 fully saturated rings. The summed E-state index contributed by atoms with van der Waals surface area (Å²) in [6.07, 6.45) is 2.46. The molecule has 17 heavy (non-hydrogen) atoms. The van der Waals surface area contributed by atoms with E-state index < -0.39 is 0 Å². The summed E-state index contributed by atoms with van der Waals surface area (Å²) in [5, 5.41) is 9.13. The first-order valence-corrected chi connectivity index (χ1v) is 5.78. The molecule has 1 N–H and O–H groups in total. The topological polar surface area (TPSA) is 57.6 Å². The van der Waals surface area contributed by atoms with Crippen LogP contribution in [0.2, 0.25) is 0 Å². The van der Waals surface area contributed by atoms with Crippen molar-refractivity contribution in [3.63, 3.8) is 0 Å². The number of likely N-dealkylation sites (tertiary alicyclic amines) is 1. The van der Waals surface area contributed by atoms with Gasteiger partial charge in [0.25, 0.3) is 0 Å². The van der Waals surface area contributed by atoms with Crippen molar-refractivity contribution in [2.24, 2.45) is 0 Å². The van der Waals surface area contributed by atoms with Crippen LogP contribution in [0.15, 0.2) is 24.3 Å². The Bertz CT molecular complexity index is 425. The average molecular weight is 233 g/mol. The van der Waals surface area contributed by atoms with E-state index in [1.807, 2.05) is 0 Å². The maximum Gasteiger partial charge on any atom is 0.233 e. The number of phenolic OH excluding ortho intramolecular Hbond substituents is 1. The molecule has 1 aromatic carbocycles. The molecule has 0 saturated carbocycles. The van der Waals surface area contributed by atoms with Crippen LogP contribution >= 0.6 is 0 Å². The molecule has 0 bridgehead atoms. The number of amides is 2. The minimum atomic E-state index is -0.152. The Morgan fingerprint density at radius 1 is 1.24 bits per heavy atom. The van der Waals surface area contributed by atoms with Crippen LogP contribution in [0.3, 0.4) is 0 Å². The fraction of sp³-hybridized carbons (Fsp3) is 0.385. The van der Waals surface area contributed by atoms with Gasteiger partial charge in [-0.05, 0) is 30.5 Å². The van der Waals surface area contributed by atoms with Crippen molar-refractivity contribution in [3.05, 3.63) is 29.8 Å². The molecule has 1 saturated heterocycles. The largest absolute Gasteiger partial charge is 0.508 e. The molecule has 0 aliphatic carbocycles. The highest BCUT2D eigenvalue weighted by Crippen LogP contribution is 2.14. The summed E-state index contributed by atoms with van der Waals surface area (Å²) < 4.78 is 0. The van der Waals surface area contributed by atoms with Gasteiger partial charge in [0.05, 0.1) is 6.42 Å². The first-order chi connectivity index (χ1) is 8.16. The Labute approximate surface area is 99.9 Å². The standard InChI is InChI=1S/C13H15NO3/c15-11-6-4-10(5-7-11)9-13(17)14-8-2-1-3-12(14)16/h4-7,15H,1-3,8-9H2. The van der Waals surface area contributed by atoms with Crippen molar-refractivity contribution in [3.8, 4) is 5.75 Å². The lowest BCUT2D eigenvalue weighted by Crippen LogP contribution is -2.41. The van der Waals surface area contributed by atoms with Gasteiger partial charge in [-0.1, -0.05) is 12.1 Å². The van der Waals surface area contributed by atoms with Gasteiger partial charge < -0.3 is 5.11 Å². The van der Waals surface area contributed by atoms with E-state index in [0.717, 1.165) is 18.4 Å². The lowest BCUT2D eigenvalue weighted by atomic mass is 10.1. The predicted molar refractivity (Wildman–Crippen MR) is 62.4 cm³/mol. The number of benzene rings is 1. The van der Waals surface area contributed by atoms with Crippen LogP contribution in [-0.4, -0.2) is 28.4 Å². The number of carbonyl (C=O) groups excluding carboxylic acids is 2. The normalized spacial score (nSPS) is 16.0. The third kappa shape index (κ3) is 2.84. The molecule has 0 spiro atoms. The first kappa shape index (κ1) is 11.6. The summed E-state index contributed by atoms with van der Waals surface area (Å²) >= 11 is 0. The zero-order chi connectivity index (χ0) is 12.3. The van der Waals surface area contributed by atoms with Crippen LogP contribution in [0.5, 0.6) is 5.75 Å². The molecule has 0 atom stereocenters. The molecule has 1 heterocycles. The maximum absolute atomic E-state index is 11.9. The van der Waals surface area contributed by atoms with E-state index in [1.54, 1.807) is 24.3 Å². The highest BCUT2D eigenvalue weighted by atomic mass is 16.3. The van der Waals surface area contributed by atoms with Crippen molar-refractivity contribution in [2.45, 2.75) is 25.7 Å². The van der Waals surface area contributed by atoms with Crippen LogP contribution in [0, 0.1) is 0 Å². The van der Waals surface area contributed by atoms with Gasteiger partial charge >= 0.3 is 0 Å². The van der Waals surface area contributed by atoms with E-state index in [1.165, 1.54) is 4.90 Å². The Balaban J connectivity index is 2.00. The number of hydrogen-bond acceptors (Lipinski definition) is 3. The molecule has 1 aromatic rings. The summed E-state index contributed by atoms with van der Waals surface area (Å²) in [5.41, 5.74) is 0.811. The SMILES string of the molecule is O=C1CCCCN1C(=O)Cc1ccc(O)cc1. The van der Waals surface area contributed by atoms with Crippen LogP contribution < -0.4 is 0 Å². The second-order valence-corrected chi connectivity index (χ2v) is 4.24. The zero-order valence-corrected chi connectivity index (χ0v) is 9.56. The molecule has 4 nitrogen and oxygen atoms in total. The van der Waals surface area contributed by atoms with E-state index >= 15 is 0 Å². The summed E-state index contributed by atoms with van der Waals surface area (Å²) in [7, 11) is 0. The number of imide groups is 1. The lowest BCUT2D eigenvalue weighted by Gasteiger charge is -2.24. The Hall–Kier alpha value is -1.84. The minimum Gasteiger partial charge on any atom is -0.508 e. The minimum absolute atomic E-state index is 0.0694. The van der Waals surface area contributed by atoms with Gasteiger partial charge in [0.1, 0.15) is 5.75 Å². The highest BCUT2D eigenvalue weighted by molar-refractivity contribution is 5.96. The van der Waals surface area contributed by atoms with E-state index in [0.29, 0.717) is 13.0 Å². The van der Waals surface area contributed by atoms with Gasteiger partial charge in [0.15, 0.2) is 0 Å². The summed E-state index contributed by atoms with van der Waals surface area (Å²) in [4.78, 5) is 24.8. The van der Waals surface area contributed by atoms with E-state index in [9.17, 15) is 9.59 Å². The third-order valence-corrected chi connectivity index (χ3v) is 2.92. The first-order valence-electron chi connectivity index (χ1n) is 5.78. The molecule has 4 heteroatoms. The van der Waals surface area contributed by atoms with E-state index in [-0.39, 0.29) is 24.0 Å². The number of carbonyl (C=O) groups is 2. The lowest BCUT2D eigenvalue weighted by molar-refractivity contribution is -0.146. The van der Waals surface area contributed by atoms with E-state index in [2.05, 4.69) is 0 Å². The third-order valence-electron chi connectivity index (χ3n) is 2.92. The summed E-state index contributed by atoms with van der Waals surface area (Å²) in [6, 6.07) is 6.48. The zero-order valence-electron chi connectivity index (χ0n) is 9.56. The molecule has 90 valence electrons. The summed E-state index contributed by atoms with van der Waals surface area (Å²) in [5.74, 6) is -0.0457. The van der Waals surface area contributed by atoms with Gasteiger partial charge in [0, 0.05) is 13.0 Å². The van der Waals surface area contributed by atoms with Crippen LogP contribution in [-0.2, 0) is 16.0 Å². The fourth-order valence-electron chi connectivity index (χ4n) is 1.95. The second-order valence-electron chi connectivity index (χ2n) is 4.24. The quantitative estimate of drug-likeness (QED) is 0.841. The van der Waals surface area contributed by atoms with Crippen molar-refractivity contribution < 1.29 is 14.7 Å². The Morgan fingerprint density at radius 3 is 2.59 bits per heavy atom. The number of piperidine rings is 1. The number of phenols is 1. The van der Waals surface area contributed by atoms with Crippen LogP contribution in [0.1, 0.15) is 24.8 Å². The number of aromatic hydroxyl groups is 1. The number of nitrogens with zero attached hydrogens (tertiary/aromatic N) is 1. The molecular formula is C13H15NO3. The molecule has 1 aliphatic rings. The molecule has 2 rings (SSSR count). The smallest absolute Gasteiger partial charge is 0.233 e. The molecule has 2 amide bonds. The predicted octanol–water partition coefficient (Wildman–Crippen LogP) is 1.47. The van der Waals surface area contributed by atoms with Crippen LogP contribution in [0.4, 0.5) is 0 Å². The van der Waals surface area contributed by atoms with Crippen LogP contribution in [0.25, 0.3) is 0 Å². The molecule has 0 aromatic heterocycles. The Morgan fingerprint density at radius 2 is 1.94 bits per heavy atom. The van der Waals surface area contributed by atoms with Gasteiger partial charge in [-0.15, -0.1) is 0 Å². The van der Waals surface area contributed by atoms with Crippen molar-refractivity contribution >= 4 is 11.8 Å². The molecule has 0 radical (unpaired) electrons. The fourth-order valence-corrected chi connectivity index (χ4v) is 1.95. The van der Waals surface area contributed by atoms with Gasteiger partial charge in [-0.25, -0.2) is 0 Å². The average Bonchev–Trinajstić information content (AvgIpc) is 2.32. The molecule has 1 aliphatic heterocycles. The number of rotatable bonds is 2. The van der Waals surface area contributed by atoms with Crippen molar-refractivity contribution in [1.82, 2.24) is 4.90 Å². The molecule has 0 unspecified atom stereocenters. The Kier molecular flexibility index (Phi) is 3.42. The van der Waals surface area contributed by atoms with Crippen molar-refractivity contribution in [1.29, 1.82) is 0 Å². The number of hydrogen-bond donors (Lipinski definition) is 1. The van der Waals surface area contributed by atoms with Gasteiger partial charge in [0.2, 0.25) is 11.8 Å². The maximum atomic E-state index is 11.9. The second kappa shape index (κ2) is 4.99. The van der Waals surface area contributed by atoms with E-state index in [4.69, 9.17) is 5.11 Å². The monoisotopic (exact) mass is 233 g/mol.